The lowest BCUT2D eigenvalue weighted by Crippen LogP contribution is -2.09. The van der Waals surface area contributed by atoms with E-state index < -0.39 is 0 Å². The normalized spacial score (nSPS) is 9.92. The molecule has 0 fully saturated rings. The van der Waals surface area contributed by atoms with E-state index in [9.17, 15) is 0 Å². The van der Waals surface area contributed by atoms with Crippen LogP contribution in [-0.4, -0.2) is 45.1 Å². The van der Waals surface area contributed by atoms with Gasteiger partial charge in [0.2, 0.25) is 11.7 Å². The van der Waals surface area contributed by atoms with Gasteiger partial charge < -0.3 is 30.0 Å². The van der Waals surface area contributed by atoms with Gasteiger partial charge in [-0.05, 0) is 17.7 Å². The molecule has 0 bridgehead atoms. The van der Waals surface area contributed by atoms with Crippen LogP contribution >= 0.6 is 12.4 Å². The molecule has 0 saturated carbocycles. The first-order valence-corrected chi connectivity index (χ1v) is 7.26. The van der Waals surface area contributed by atoms with Gasteiger partial charge in [0.25, 0.3) is 0 Å². The zero-order valence-electron chi connectivity index (χ0n) is 14.7. The van der Waals surface area contributed by atoms with Crippen LogP contribution in [0.5, 0.6) is 17.2 Å². The Labute approximate surface area is 153 Å². The van der Waals surface area contributed by atoms with Crippen molar-refractivity contribution in [2.24, 2.45) is 0 Å². The van der Waals surface area contributed by atoms with E-state index in [4.69, 9.17) is 24.7 Å². The number of rotatable bonds is 8. The molecule has 138 valence electrons. The Morgan fingerprint density at radius 3 is 2.16 bits per heavy atom. The molecular weight excluding hydrogens is 348 g/mol. The maximum absolute atomic E-state index is 6.02. The van der Waals surface area contributed by atoms with Crippen LogP contribution in [0.25, 0.3) is 0 Å². The lowest BCUT2D eigenvalue weighted by atomic mass is 10.1. The number of benzene rings is 1. The highest BCUT2D eigenvalue weighted by atomic mass is 35.5. The zero-order chi connectivity index (χ0) is 17.5. The molecule has 0 aliphatic rings. The first-order valence-electron chi connectivity index (χ1n) is 7.26. The van der Waals surface area contributed by atoms with Crippen molar-refractivity contribution in [3.8, 4) is 17.2 Å². The summed E-state index contributed by atoms with van der Waals surface area (Å²) < 4.78 is 21.0. The second-order valence-corrected chi connectivity index (χ2v) is 4.92. The summed E-state index contributed by atoms with van der Waals surface area (Å²) in [5.74, 6) is 2.54. The number of methoxy groups -OCH3 is 4. The number of nitrogen functional groups attached to an aromatic ring is 1. The van der Waals surface area contributed by atoms with Crippen molar-refractivity contribution in [2.75, 3.05) is 46.2 Å². The molecule has 9 heteroatoms. The minimum Gasteiger partial charge on any atom is -0.493 e. The molecule has 0 aliphatic heterocycles. The predicted octanol–water partition coefficient (Wildman–Crippen LogP) is 2.11. The maximum atomic E-state index is 6.02. The van der Waals surface area contributed by atoms with Crippen LogP contribution in [0.15, 0.2) is 18.3 Å². The summed E-state index contributed by atoms with van der Waals surface area (Å²) in [5, 5.41) is 2.90. The molecule has 25 heavy (non-hydrogen) atoms. The van der Waals surface area contributed by atoms with Gasteiger partial charge in [-0.15, -0.1) is 12.4 Å². The third-order valence-corrected chi connectivity index (χ3v) is 3.39. The van der Waals surface area contributed by atoms with Crippen molar-refractivity contribution in [3.05, 3.63) is 29.5 Å². The minimum absolute atomic E-state index is 0. The molecule has 1 heterocycles. The largest absolute Gasteiger partial charge is 0.493 e. The van der Waals surface area contributed by atoms with Crippen LogP contribution in [0.4, 0.5) is 11.8 Å². The predicted molar refractivity (Wildman–Crippen MR) is 98.1 cm³/mol. The number of ether oxygens (including phenoxy) is 4. The molecule has 0 radical (unpaired) electrons. The highest BCUT2D eigenvalue weighted by molar-refractivity contribution is 5.85. The highest BCUT2D eigenvalue weighted by Gasteiger charge is 2.14. The minimum atomic E-state index is 0. The molecule has 0 aliphatic carbocycles. The number of nitrogens with zero attached hydrogens (tertiary/aromatic N) is 2. The van der Waals surface area contributed by atoms with Gasteiger partial charge in [-0.1, -0.05) is 0 Å². The quantitative estimate of drug-likeness (QED) is 0.681. The summed E-state index contributed by atoms with van der Waals surface area (Å²) in [4.78, 5) is 8.44. The van der Waals surface area contributed by atoms with Gasteiger partial charge >= 0.3 is 0 Å². The maximum Gasteiger partial charge on any atom is 0.226 e. The van der Waals surface area contributed by atoms with E-state index in [0.29, 0.717) is 42.2 Å². The fraction of sp³-hybridized carbons (Fsp3) is 0.375. The van der Waals surface area contributed by atoms with Crippen molar-refractivity contribution in [2.45, 2.75) is 6.42 Å². The monoisotopic (exact) mass is 370 g/mol. The molecule has 0 atom stereocenters. The van der Waals surface area contributed by atoms with Gasteiger partial charge in [0.1, 0.15) is 12.5 Å². The van der Waals surface area contributed by atoms with E-state index in [1.165, 1.54) is 0 Å². The van der Waals surface area contributed by atoms with Gasteiger partial charge in [0.15, 0.2) is 11.5 Å². The molecule has 1 aromatic carbocycles. The number of anilines is 2. The van der Waals surface area contributed by atoms with E-state index in [-0.39, 0.29) is 12.4 Å². The first kappa shape index (κ1) is 20.6. The Morgan fingerprint density at radius 2 is 1.68 bits per heavy atom. The summed E-state index contributed by atoms with van der Waals surface area (Å²) in [7, 11) is 6.30. The number of nitrogens with one attached hydrogen (secondary N) is 1. The van der Waals surface area contributed by atoms with Gasteiger partial charge in [0, 0.05) is 25.3 Å². The summed E-state index contributed by atoms with van der Waals surface area (Å²) in [6.07, 6.45) is 2.22. The number of aromatic nitrogens is 2. The molecule has 2 aromatic rings. The molecule has 0 unspecified atom stereocenters. The molecule has 3 N–H and O–H groups in total. The molecular formula is C16H23ClN4O4. The molecule has 0 saturated heterocycles. The molecule has 8 nitrogen and oxygen atoms in total. The highest BCUT2D eigenvalue weighted by Crippen LogP contribution is 2.38. The molecule has 2 rings (SSSR count). The number of hydrogen-bond donors (Lipinski definition) is 2. The number of halogens is 1. The molecule has 1 aromatic heterocycles. The Kier molecular flexibility index (Phi) is 8.03. The summed E-state index contributed by atoms with van der Waals surface area (Å²) in [6.45, 7) is 0.311. The van der Waals surface area contributed by atoms with Crippen LogP contribution in [0.2, 0.25) is 0 Å². The summed E-state index contributed by atoms with van der Waals surface area (Å²) in [5.41, 5.74) is 7.76. The Balaban J connectivity index is 0.00000312. The van der Waals surface area contributed by atoms with Crippen LogP contribution in [0.1, 0.15) is 11.1 Å². The van der Waals surface area contributed by atoms with Gasteiger partial charge in [-0.2, -0.15) is 4.98 Å². The average molecular weight is 371 g/mol. The van der Waals surface area contributed by atoms with Gasteiger partial charge in [0.05, 0.1) is 21.3 Å². The molecule has 0 spiro atoms. The first-order chi connectivity index (χ1) is 11.6. The van der Waals surface area contributed by atoms with Crippen molar-refractivity contribution in [1.29, 1.82) is 0 Å². The van der Waals surface area contributed by atoms with Crippen LogP contribution < -0.4 is 25.3 Å². The van der Waals surface area contributed by atoms with Crippen molar-refractivity contribution in [3.63, 3.8) is 0 Å². The second kappa shape index (κ2) is 9.75. The standard InChI is InChI=1S/C16H22N4O4.ClH/c1-21-9-19-16-18-8-11(15(17)20-16)5-10-6-12(22-2)14(24-4)13(7-10)23-3;/h6-8H,5,9H2,1-4H3,(H3,17,18,19,20);1H. The summed E-state index contributed by atoms with van der Waals surface area (Å²) >= 11 is 0. The van der Waals surface area contributed by atoms with E-state index in [1.807, 2.05) is 12.1 Å². The number of nitrogens with two attached hydrogens (primary N) is 1. The van der Waals surface area contributed by atoms with Crippen molar-refractivity contribution < 1.29 is 18.9 Å². The lowest BCUT2D eigenvalue weighted by Gasteiger charge is -2.14. The van der Waals surface area contributed by atoms with E-state index >= 15 is 0 Å². The van der Waals surface area contributed by atoms with E-state index in [0.717, 1.165) is 11.1 Å². The summed E-state index contributed by atoms with van der Waals surface area (Å²) in [6, 6.07) is 3.75. The Morgan fingerprint density at radius 1 is 1.04 bits per heavy atom. The fourth-order valence-corrected chi connectivity index (χ4v) is 2.24. The van der Waals surface area contributed by atoms with Gasteiger partial charge in [-0.25, -0.2) is 4.98 Å². The SMILES string of the molecule is COCNc1ncc(Cc2cc(OC)c(OC)c(OC)c2)c(N)n1.Cl. The van der Waals surface area contributed by atoms with Crippen LogP contribution in [-0.2, 0) is 11.2 Å². The fourth-order valence-electron chi connectivity index (χ4n) is 2.24. The Bertz CT molecular complexity index is 675. The topological polar surface area (TPSA) is 101 Å². The third-order valence-electron chi connectivity index (χ3n) is 3.39. The van der Waals surface area contributed by atoms with Crippen molar-refractivity contribution >= 4 is 24.2 Å². The number of hydrogen-bond acceptors (Lipinski definition) is 8. The van der Waals surface area contributed by atoms with E-state index in [2.05, 4.69) is 15.3 Å². The van der Waals surface area contributed by atoms with Crippen LogP contribution in [0.3, 0.4) is 0 Å². The second-order valence-electron chi connectivity index (χ2n) is 4.92. The third kappa shape index (κ3) is 5.01. The van der Waals surface area contributed by atoms with Crippen molar-refractivity contribution in [1.82, 2.24) is 9.97 Å². The van der Waals surface area contributed by atoms with Crippen LogP contribution in [0, 0.1) is 0 Å². The van der Waals surface area contributed by atoms with E-state index in [1.54, 1.807) is 34.6 Å². The lowest BCUT2D eigenvalue weighted by molar-refractivity contribution is 0.220. The smallest absolute Gasteiger partial charge is 0.226 e. The Hall–Kier alpha value is -2.45. The molecule has 0 amide bonds. The van der Waals surface area contributed by atoms with Gasteiger partial charge in [-0.3, -0.25) is 0 Å². The zero-order valence-corrected chi connectivity index (χ0v) is 15.5. The average Bonchev–Trinajstić information content (AvgIpc) is 2.61.